The lowest BCUT2D eigenvalue weighted by Crippen LogP contribution is -2.13. The molecule has 4 N–H and O–H groups in total. The quantitative estimate of drug-likeness (QED) is 0.470. The molecule has 0 spiro atoms. The van der Waals surface area contributed by atoms with Crippen molar-refractivity contribution in [2.45, 2.75) is 6.54 Å². The molecule has 0 atom stereocenters. The van der Waals surface area contributed by atoms with Crippen molar-refractivity contribution in [2.75, 3.05) is 12.8 Å². The number of nitrogens with zero attached hydrogens (tertiary/aromatic N) is 1. The third-order valence-corrected chi connectivity index (χ3v) is 1.54. The summed E-state index contributed by atoms with van der Waals surface area (Å²) < 4.78 is 0.383. The Morgan fingerprint density at radius 3 is 3.17 bits per heavy atom. The highest BCUT2D eigenvalue weighted by Crippen LogP contribution is 2.04. The van der Waals surface area contributed by atoms with Gasteiger partial charge in [-0.15, -0.1) is 0 Å². The summed E-state index contributed by atoms with van der Waals surface area (Å²) in [6, 6.07) is 0. The van der Waals surface area contributed by atoms with Gasteiger partial charge in [-0.3, -0.25) is 0 Å². The molecule has 66 valence electrons. The molecule has 5 nitrogen and oxygen atoms in total. The summed E-state index contributed by atoms with van der Waals surface area (Å²) in [5.74, 6) is 0.420. The Morgan fingerprint density at radius 1 is 1.83 bits per heavy atom. The average Bonchev–Trinajstić information content (AvgIpc) is 2.03. The van der Waals surface area contributed by atoms with Crippen LogP contribution in [-0.4, -0.2) is 17.1 Å². The Kier molecular flexibility index (Phi) is 3.15. The Hall–Kier alpha value is -0.980. The second kappa shape index (κ2) is 4.15. The van der Waals surface area contributed by atoms with Gasteiger partial charge in [0.2, 0.25) is 0 Å². The monoisotopic (exact) mass is 186 g/mol. The van der Waals surface area contributed by atoms with Crippen LogP contribution in [0.5, 0.6) is 0 Å². The van der Waals surface area contributed by atoms with Gasteiger partial charge in [0.15, 0.2) is 4.77 Å². The van der Waals surface area contributed by atoms with E-state index in [1.54, 1.807) is 6.20 Å². The van der Waals surface area contributed by atoms with Gasteiger partial charge in [0, 0.05) is 11.8 Å². The lowest BCUT2D eigenvalue weighted by Gasteiger charge is -2.03. The minimum absolute atomic E-state index is 0.383. The van der Waals surface area contributed by atoms with E-state index < -0.39 is 0 Å². The molecule has 0 aliphatic carbocycles. The van der Waals surface area contributed by atoms with Crippen molar-refractivity contribution < 1.29 is 4.84 Å². The Labute approximate surface area is 74.9 Å². The maximum atomic E-state index is 5.57. The van der Waals surface area contributed by atoms with Crippen molar-refractivity contribution in [3.8, 4) is 0 Å². The average molecular weight is 186 g/mol. The summed E-state index contributed by atoms with van der Waals surface area (Å²) in [6.07, 6.45) is 1.71. The number of anilines is 1. The van der Waals surface area contributed by atoms with E-state index >= 15 is 0 Å². The number of aromatic nitrogens is 2. The molecule has 1 heterocycles. The zero-order chi connectivity index (χ0) is 8.97. The van der Waals surface area contributed by atoms with Gasteiger partial charge in [-0.25, -0.2) is 4.98 Å². The highest BCUT2D eigenvalue weighted by atomic mass is 32.1. The first-order valence-electron chi connectivity index (χ1n) is 3.34. The number of nitrogens with one attached hydrogen (secondary N) is 2. The third-order valence-electron chi connectivity index (χ3n) is 1.33. The minimum Gasteiger partial charge on any atom is -0.383 e. The van der Waals surface area contributed by atoms with Crippen LogP contribution in [0.2, 0.25) is 0 Å². The second-order valence-electron chi connectivity index (χ2n) is 2.14. The van der Waals surface area contributed by atoms with Gasteiger partial charge in [-0.1, -0.05) is 0 Å². The van der Waals surface area contributed by atoms with Crippen LogP contribution in [0.25, 0.3) is 0 Å². The van der Waals surface area contributed by atoms with Crippen LogP contribution in [0.15, 0.2) is 6.20 Å². The van der Waals surface area contributed by atoms with Crippen LogP contribution in [0.3, 0.4) is 0 Å². The van der Waals surface area contributed by atoms with E-state index in [1.807, 2.05) is 0 Å². The van der Waals surface area contributed by atoms with Crippen LogP contribution < -0.4 is 11.2 Å². The number of nitrogen functional groups attached to an aromatic ring is 1. The zero-order valence-corrected chi connectivity index (χ0v) is 7.44. The van der Waals surface area contributed by atoms with Crippen molar-refractivity contribution in [1.82, 2.24) is 15.4 Å². The maximum absolute atomic E-state index is 5.57. The van der Waals surface area contributed by atoms with Gasteiger partial charge >= 0.3 is 0 Å². The smallest absolute Gasteiger partial charge is 0.198 e. The first-order valence-corrected chi connectivity index (χ1v) is 3.75. The molecular formula is C6H10N4OS. The Bertz CT molecular complexity index is 311. The molecule has 0 saturated heterocycles. The van der Waals surface area contributed by atoms with Crippen LogP contribution >= 0.6 is 12.2 Å². The van der Waals surface area contributed by atoms with Crippen LogP contribution in [0.4, 0.5) is 5.82 Å². The fraction of sp³-hybridized carbons (Fsp3) is 0.333. The molecule has 1 aromatic rings. The molecule has 0 unspecified atom stereocenters. The van der Waals surface area contributed by atoms with Crippen LogP contribution in [0, 0.1) is 4.77 Å². The number of hydrogen-bond donors (Lipinski definition) is 3. The molecule has 0 fully saturated rings. The topological polar surface area (TPSA) is 76.0 Å². The number of hydroxylamine groups is 1. The molecule has 0 radical (unpaired) electrons. The van der Waals surface area contributed by atoms with E-state index in [9.17, 15) is 0 Å². The molecule has 0 saturated carbocycles. The largest absolute Gasteiger partial charge is 0.383 e. The molecule has 1 aromatic heterocycles. The fourth-order valence-corrected chi connectivity index (χ4v) is 0.885. The van der Waals surface area contributed by atoms with Crippen molar-refractivity contribution in [2.24, 2.45) is 0 Å². The van der Waals surface area contributed by atoms with Gasteiger partial charge in [0.1, 0.15) is 5.82 Å². The van der Waals surface area contributed by atoms with Crippen LogP contribution in [0.1, 0.15) is 5.56 Å². The molecular weight excluding hydrogens is 176 g/mol. The standard InChI is InChI=1S/C6H10N4OS/c1-11-9-3-4-2-8-6(12)10-5(4)7/h2,9H,3H2,1H3,(H3,7,8,10,12). The second-order valence-corrected chi connectivity index (χ2v) is 2.53. The van der Waals surface area contributed by atoms with Gasteiger partial charge in [0.25, 0.3) is 0 Å². The van der Waals surface area contributed by atoms with E-state index in [2.05, 4.69) is 20.3 Å². The normalized spacial score (nSPS) is 10.1. The molecule has 0 aliphatic heterocycles. The summed E-state index contributed by atoms with van der Waals surface area (Å²) in [4.78, 5) is 11.3. The summed E-state index contributed by atoms with van der Waals surface area (Å²) in [5, 5.41) is 0. The lowest BCUT2D eigenvalue weighted by molar-refractivity contribution is 0.0867. The summed E-state index contributed by atoms with van der Waals surface area (Å²) in [5.41, 5.74) is 9.04. The Balaban J connectivity index is 2.79. The predicted molar refractivity (Wildman–Crippen MR) is 47.7 cm³/mol. The number of H-pyrrole nitrogens is 1. The van der Waals surface area contributed by atoms with E-state index in [0.29, 0.717) is 17.1 Å². The van der Waals surface area contributed by atoms with Crippen molar-refractivity contribution in [1.29, 1.82) is 0 Å². The van der Waals surface area contributed by atoms with E-state index in [-0.39, 0.29) is 0 Å². The molecule has 12 heavy (non-hydrogen) atoms. The van der Waals surface area contributed by atoms with Crippen molar-refractivity contribution in [3.05, 3.63) is 16.5 Å². The molecule has 0 aliphatic rings. The highest BCUT2D eigenvalue weighted by molar-refractivity contribution is 7.71. The van der Waals surface area contributed by atoms with Crippen LogP contribution in [-0.2, 0) is 11.4 Å². The van der Waals surface area contributed by atoms with Gasteiger partial charge in [-0.05, 0) is 12.2 Å². The molecule has 1 rings (SSSR count). The third kappa shape index (κ3) is 2.26. The van der Waals surface area contributed by atoms with E-state index in [0.717, 1.165) is 5.56 Å². The maximum Gasteiger partial charge on any atom is 0.198 e. The fourth-order valence-electron chi connectivity index (χ4n) is 0.728. The predicted octanol–water partition coefficient (Wildman–Crippen LogP) is 0.372. The SMILES string of the molecule is CONCc1c[nH]c(=S)nc1N. The zero-order valence-electron chi connectivity index (χ0n) is 6.63. The van der Waals surface area contributed by atoms with Crippen molar-refractivity contribution >= 4 is 18.0 Å². The number of hydrogen-bond acceptors (Lipinski definition) is 5. The number of rotatable bonds is 3. The number of aromatic amines is 1. The Morgan fingerprint density at radius 2 is 2.58 bits per heavy atom. The lowest BCUT2D eigenvalue weighted by atomic mass is 10.3. The summed E-state index contributed by atoms with van der Waals surface area (Å²) >= 11 is 4.77. The number of nitrogens with two attached hydrogens (primary N) is 1. The molecule has 6 heteroatoms. The van der Waals surface area contributed by atoms with E-state index in [1.165, 1.54) is 7.11 Å². The van der Waals surface area contributed by atoms with Gasteiger partial charge < -0.3 is 15.6 Å². The first-order chi connectivity index (χ1) is 5.74. The summed E-state index contributed by atoms with van der Waals surface area (Å²) in [7, 11) is 1.54. The minimum atomic E-state index is 0.383. The molecule has 0 amide bonds. The molecule has 0 aromatic carbocycles. The van der Waals surface area contributed by atoms with Gasteiger partial charge in [0.05, 0.1) is 13.7 Å². The van der Waals surface area contributed by atoms with E-state index in [4.69, 9.17) is 18.0 Å². The van der Waals surface area contributed by atoms with Crippen molar-refractivity contribution in [3.63, 3.8) is 0 Å². The molecule has 0 bridgehead atoms. The van der Waals surface area contributed by atoms with Gasteiger partial charge in [-0.2, -0.15) is 5.48 Å². The highest BCUT2D eigenvalue weighted by Gasteiger charge is 1.98. The summed E-state index contributed by atoms with van der Waals surface area (Å²) in [6.45, 7) is 0.501. The first kappa shape index (κ1) is 9.11.